The van der Waals surface area contributed by atoms with Crippen molar-refractivity contribution in [1.29, 1.82) is 0 Å². The summed E-state index contributed by atoms with van der Waals surface area (Å²) in [6, 6.07) is 8.74. The van der Waals surface area contributed by atoms with Crippen LogP contribution in [0.3, 0.4) is 0 Å². The van der Waals surface area contributed by atoms with E-state index < -0.39 is 23.7 Å². The van der Waals surface area contributed by atoms with Gasteiger partial charge in [0, 0.05) is 11.3 Å². The zero-order valence-corrected chi connectivity index (χ0v) is 13.9. The van der Waals surface area contributed by atoms with Crippen LogP contribution in [-0.4, -0.2) is 17.1 Å². The smallest absolute Gasteiger partial charge is 0.416 e. The topological polar surface area (TPSA) is 73.4 Å². The highest BCUT2D eigenvalue weighted by Crippen LogP contribution is 2.32. The summed E-state index contributed by atoms with van der Waals surface area (Å²) in [4.78, 5) is 12.3. The molecule has 2 aromatic rings. The van der Waals surface area contributed by atoms with E-state index in [0.29, 0.717) is 12.0 Å². The van der Waals surface area contributed by atoms with Gasteiger partial charge >= 0.3 is 6.18 Å². The number of hydrogen-bond donors (Lipinski definition) is 4. The van der Waals surface area contributed by atoms with Gasteiger partial charge in [-0.25, -0.2) is 10.9 Å². The van der Waals surface area contributed by atoms with Crippen LogP contribution in [0, 0.1) is 6.92 Å². The number of carbonyl (C=O) groups excluding carboxylic acids is 1. The largest absolute Gasteiger partial charge is 0.508 e. The van der Waals surface area contributed by atoms with Crippen LogP contribution in [0.15, 0.2) is 42.5 Å². The second-order valence-electron chi connectivity index (χ2n) is 6.26. The minimum absolute atomic E-state index is 0.0773. The quantitative estimate of drug-likeness (QED) is 0.674. The number of phenolic OH excluding ortho intramolecular Hbond substituents is 1. The Bertz CT molecular complexity index is 824. The van der Waals surface area contributed by atoms with Crippen LogP contribution in [0.2, 0.25) is 0 Å². The third-order valence-electron chi connectivity index (χ3n) is 4.24. The monoisotopic (exact) mass is 365 g/mol. The van der Waals surface area contributed by atoms with Gasteiger partial charge in [0.2, 0.25) is 5.91 Å². The van der Waals surface area contributed by atoms with Crippen molar-refractivity contribution in [1.82, 2.24) is 10.9 Å². The van der Waals surface area contributed by atoms with Gasteiger partial charge in [0.25, 0.3) is 0 Å². The first kappa shape index (κ1) is 18.2. The number of phenols is 1. The Morgan fingerprint density at radius 3 is 2.69 bits per heavy atom. The second kappa shape index (κ2) is 6.97. The van der Waals surface area contributed by atoms with Crippen molar-refractivity contribution in [3.8, 4) is 5.75 Å². The van der Waals surface area contributed by atoms with E-state index >= 15 is 0 Å². The van der Waals surface area contributed by atoms with Crippen LogP contribution in [-0.2, 0) is 11.0 Å². The van der Waals surface area contributed by atoms with Gasteiger partial charge in [-0.15, -0.1) is 0 Å². The van der Waals surface area contributed by atoms with Gasteiger partial charge in [-0.2, -0.15) is 13.2 Å². The lowest BCUT2D eigenvalue weighted by Crippen LogP contribution is -2.39. The molecule has 138 valence electrons. The van der Waals surface area contributed by atoms with Crippen molar-refractivity contribution in [3.63, 3.8) is 0 Å². The van der Waals surface area contributed by atoms with Crippen LogP contribution in [0.25, 0.3) is 0 Å². The molecule has 26 heavy (non-hydrogen) atoms. The molecule has 0 aromatic heterocycles. The Morgan fingerprint density at radius 2 is 1.96 bits per heavy atom. The Hall–Kier alpha value is -2.58. The molecule has 1 fully saturated rings. The molecule has 1 amide bonds. The number of anilines is 1. The van der Waals surface area contributed by atoms with Crippen molar-refractivity contribution in [2.24, 2.45) is 0 Å². The summed E-state index contributed by atoms with van der Waals surface area (Å²) in [6.07, 6.45) is -4.12. The highest BCUT2D eigenvalue weighted by Gasteiger charge is 2.33. The molecule has 0 saturated carbocycles. The number of rotatable bonds is 3. The number of nitrogens with one attached hydrogen (secondary N) is 3. The van der Waals surface area contributed by atoms with Crippen LogP contribution < -0.4 is 16.2 Å². The van der Waals surface area contributed by atoms with E-state index in [1.807, 2.05) is 13.0 Å². The summed E-state index contributed by atoms with van der Waals surface area (Å²) in [7, 11) is 0. The predicted octanol–water partition coefficient (Wildman–Crippen LogP) is 3.27. The van der Waals surface area contributed by atoms with E-state index in [1.54, 1.807) is 12.1 Å². The molecular weight excluding hydrogens is 347 g/mol. The molecule has 2 aromatic carbocycles. The third kappa shape index (κ3) is 3.97. The molecule has 0 radical (unpaired) electrons. The molecule has 2 unspecified atom stereocenters. The molecule has 0 spiro atoms. The van der Waals surface area contributed by atoms with Gasteiger partial charge in [0.15, 0.2) is 0 Å². The lowest BCUT2D eigenvalue weighted by Gasteiger charge is -2.13. The van der Waals surface area contributed by atoms with Gasteiger partial charge in [-0.05, 0) is 37.6 Å². The lowest BCUT2D eigenvalue weighted by molar-refractivity contribution is -0.137. The van der Waals surface area contributed by atoms with Gasteiger partial charge in [0.1, 0.15) is 11.8 Å². The first-order valence-corrected chi connectivity index (χ1v) is 8.03. The molecule has 1 aliphatic rings. The normalized spacial score (nSPS) is 20.2. The maximum Gasteiger partial charge on any atom is 0.416 e. The predicted molar refractivity (Wildman–Crippen MR) is 90.3 cm³/mol. The standard InChI is InChI=1S/C18H18F3N3O2/c1-10-5-6-16(25)13(7-10)14-9-15(24-23-14)17(26)22-12-4-2-3-11(8-12)18(19,20)21/h2-8,14-15,23-25H,9H2,1H3,(H,22,26). The molecule has 2 atom stereocenters. The fourth-order valence-corrected chi connectivity index (χ4v) is 2.89. The van der Waals surface area contributed by atoms with Crippen molar-refractivity contribution in [3.05, 3.63) is 59.2 Å². The third-order valence-corrected chi connectivity index (χ3v) is 4.24. The highest BCUT2D eigenvalue weighted by atomic mass is 19.4. The van der Waals surface area contributed by atoms with Crippen molar-refractivity contribution in [2.45, 2.75) is 31.6 Å². The maximum absolute atomic E-state index is 12.8. The number of hydrazine groups is 1. The Labute approximate surface area is 148 Å². The average molecular weight is 365 g/mol. The molecule has 4 N–H and O–H groups in total. The maximum atomic E-state index is 12.8. The highest BCUT2D eigenvalue weighted by molar-refractivity contribution is 5.95. The minimum Gasteiger partial charge on any atom is -0.508 e. The SMILES string of the molecule is Cc1ccc(O)c(C2CC(C(=O)Nc3cccc(C(F)(F)F)c3)NN2)c1. The minimum atomic E-state index is -4.47. The Balaban J connectivity index is 1.68. The van der Waals surface area contributed by atoms with Gasteiger partial charge in [-0.1, -0.05) is 23.8 Å². The number of alkyl halides is 3. The van der Waals surface area contributed by atoms with E-state index in [1.165, 1.54) is 12.1 Å². The van der Waals surface area contributed by atoms with Gasteiger partial charge in [-0.3, -0.25) is 4.79 Å². The molecule has 0 bridgehead atoms. The number of hydrogen-bond acceptors (Lipinski definition) is 4. The summed E-state index contributed by atoms with van der Waals surface area (Å²) < 4.78 is 38.3. The van der Waals surface area contributed by atoms with Crippen LogP contribution in [0.4, 0.5) is 18.9 Å². The molecular formula is C18H18F3N3O2. The van der Waals surface area contributed by atoms with Gasteiger partial charge < -0.3 is 10.4 Å². The Kier molecular flexibility index (Phi) is 4.88. The van der Waals surface area contributed by atoms with E-state index in [4.69, 9.17) is 0 Å². The fourth-order valence-electron chi connectivity index (χ4n) is 2.89. The van der Waals surface area contributed by atoms with Crippen molar-refractivity contribution < 1.29 is 23.1 Å². The number of halogens is 3. The molecule has 3 rings (SSSR count). The van der Waals surface area contributed by atoms with E-state index in [9.17, 15) is 23.1 Å². The van der Waals surface area contributed by atoms with Crippen LogP contribution in [0.1, 0.15) is 29.2 Å². The molecule has 8 heteroatoms. The number of carbonyl (C=O) groups is 1. The molecule has 1 saturated heterocycles. The number of aromatic hydroxyl groups is 1. The van der Waals surface area contributed by atoms with E-state index in [0.717, 1.165) is 17.7 Å². The zero-order chi connectivity index (χ0) is 18.9. The van der Waals surface area contributed by atoms with E-state index in [2.05, 4.69) is 16.2 Å². The molecule has 5 nitrogen and oxygen atoms in total. The molecule has 0 aliphatic carbocycles. The second-order valence-corrected chi connectivity index (χ2v) is 6.26. The summed E-state index contributed by atoms with van der Waals surface area (Å²) in [5, 5.41) is 12.5. The summed E-state index contributed by atoms with van der Waals surface area (Å²) in [6.45, 7) is 1.89. The average Bonchev–Trinajstić information content (AvgIpc) is 3.06. The first-order valence-electron chi connectivity index (χ1n) is 8.03. The van der Waals surface area contributed by atoms with Crippen molar-refractivity contribution >= 4 is 11.6 Å². The first-order chi connectivity index (χ1) is 12.2. The van der Waals surface area contributed by atoms with Gasteiger partial charge in [0.05, 0.1) is 11.6 Å². The molecule has 1 aliphatic heterocycles. The molecule has 1 heterocycles. The van der Waals surface area contributed by atoms with E-state index in [-0.39, 0.29) is 17.5 Å². The number of amides is 1. The summed E-state index contributed by atoms with van der Waals surface area (Å²) in [5.41, 5.74) is 6.65. The van der Waals surface area contributed by atoms with Crippen molar-refractivity contribution in [2.75, 3.05) is 5.32 Å². The fraction of sp³-hybridized carbons (Fsp3) is 0.278. The number of benzene rings is 2. The van der Waals surface area contributed by atoms with Crippen LogP contribution in [0.5, 0.6) is 5.75 Å². The zero-order valence-electron chi connectivity index (χ0n) is 13.9. The number of aryl methyl sites for hydroxylation is 1. The van der Waals surface area contributed by atoms with Crippen LogP contribution >= 0.6 is 0 Å². The Morgan fingerprint density at radius 1 is 1.19 bits per heavy atom. The summed E-state index contributed by atoms with van der Waals surface area (Å²) >= 11 is 0. The lowest BCUT2D eigenvalue weighted by atomic mass is 9.99. The summed E-state index contributed by atoms with van der Waals surface area (Å²) in [5.74, 6) is -0.333.